The molecule has 1 aromatic rings. The first kappa shape index (κ1) is 15.1. The molecule has 0 aliphatic heterocycles. The summed E-state index contributed by atoms with van der Waals surface area (Å²) in [6.45, 7) is 4.68. The molecular formula is C20H31N. The molecule has 0 saturated heterocycles. The van der Waals surface area contributed by atoms with Crippen molar-refractivity contribution in [2.45, 2.75) is 77.2 Å². The Morgan fingerprint density at radius 1 is 1.05 bits per heavy atom. The smallest absolute Gasteiger partial charge is 0.0352 e. The van der Waals surface area contributed by atoms with Crippen molar-refractivity contribution in [3.63, 3.8) is 0 Å². The second kappa shape index (κ2) is 6.12. The molecular weight excluding hydrogens is 254 g/mol. The van der Waals surface area contributed by atoms with Crippen LogP contribution >= 0.6 is 0 Å². The summed E-state index contributed by atoms with van der Waals surface area (Å²) in [4.78, 5) is 0. The Kier molecular flexibility index (Phi) is 4.40. The average molecular weight is 285 g/mol. The number of rotatable bonds is 5. The lowest BCUT2D eigenvalue weighted by atomic mass is 9.70. The molecule has 2 fully saturated rings. The molecule has 0 spiro atoms. The quantitative estimate of drug-likeness (QED) is 0.753. The molecule has 1 heteroatoms. The third-order valence-corrected chi connectivity index (χ3v) is 5.95. The van der Waals surface area contributed by atoms with Gasteiger partial charge in [0.1, 0.15) is 0 Å². The van der Waals surface area contributed by atoms with E-state index in [2.05, 4.69) is 38.1 Å². The second-order valence-corrected chi connectivity index (χ2v) is 7.94. The predicted octanol–water partition coefficient (Wildman–Crippen LogP) is 5.56. The van der Waals surface area contributed by atoms with Gasteiger partial charge in [-0.15, -0.1) is 0 Å². The highest BCUT2D eigenvalue weighted by Crippen LogP contribution is 2.50. The van der Waals surface area contributed by atoms with Crippen molar-refractivity contribution in [1.29, 1.82) is 0 Å². The van der Waals surface area contributed by atoms with E-state index in [1.807, 2.05) is 0 Å². The Labute approximate surface area is 130 Å². The van der Waals surface area contributed by atoms with Gasteiger partial charge in [0, 0.05) is 6.04 Å². The van der Waals surface area contributed by atoms with E-state index in [0.717, 1.165) is 11.8 Å². The highest BCUT2D eigenvalue weighted by Gasteiger charge is 2.40. The zero-order valence-corrected chi connectivity index (χ0v) is 13.8. The van der Waals surface area contributed by atoms with E-state index in [-0.39, 0.29) is 6.04 Å². The largest absolute Gasteiger partial charge is 0.323 e. The van der Waals surface area contributed by atoms with Crippen molar-refractivity contribution >= 4 is 0 Å². The van der Waals surface area contributed by atoms with Gasteiger partial charge in [0.25, 0.3) is 0 Å². The third kappa shape index (κ3) is 3.04. The molecule has 2 aliphatic rings. The van der Waals surface area contributed by atoms with E-state index >= 15 is 0 Å². The van der Waals surface area contributed by atoms with Crippen LogP contribution in [0.1, 0.15) is 88.3 Å². The fourth-order valence-electron chi connectivity index (χ4n) is 4.60. The molecule has 1 unspecified atom stereocenters. The van der Waals surface area contributed by atoms with Gasteiger partial charge in [0.15, 0.2) is 0 Å². The molecule has 0 bridgehead atoms. The lowest BCUT2D eigenvalue weighted by Gasteiger charge is -2.37. The lowest BCUT2D eigenvalue weighted by Crippen LogP contribution is -2.33. The first-order valence-corrected chi connectivity index (χ1v) is 8.96. The number of nitrogens with two attached hydrogens (primary N) is 1. The molecule has 2 aliphatic carbocycles. The van der Waals surface area contributed by atoms with Crippen LogP contribution in [0.4, 0.5) is 0 Å². The van der Waals surface area contributed by atoms with Gasteiger partial charge < -0.3 is 5.73 Å². The van der Waals surface area contributed by atoms with E-state index < -0.39 is 0 Å². The summed E-state index contributed by atoms with van der Waals surface area (Å²) in [5.41, 5.74) is 10.0. The number of benzene rings is 1. The van der Waals surface area contributed by atoms with Crippen LogP contribution in [0.3, 0.4) is 0 Å². The van der Waals surface area contributed by atoms with Crippen LogP contribution in [0.5, 0.6) is 0 Å². The summed E-state index contributed by atoms with van der Waals surface area (Å²) in [6, 6.07) is 9.55. The van der Waals surface area contributed by atoms with Gasteiger partial charge in [-0.25, -0.2) is 0 Å². The molecule has 21 heavy (non-hydrogen) atoms. The van der Waals surface area contributed by atoms with Crippen LogP contribution in [0.25, 0.3) is 0 Å². The Hall–Kier alpha value is -0.820. The molecule has 116 valence electrons. The van der Waals surface area contributed by atoms with Gasteiger partial charge in [0.05, 0.1) is 0 Å². The summed E-state index contributed by atoms with van der Waals surface area (Å²) < 4.78 is 0. The zero-order chi connectivity index (χ0) is 14.9. The highest BCUT2D eigenvalue weighted by molar-refractivity contribution is 5.29. The van der Waals surface area contributed by atoms with Crippen molar-refractivity contribution in [2.75, 3.05) is 0 Å². The number of hydrogen-bond donors (Lipinski definition) is 1. The first-order valence-electron chi connectivity index (χ1n) is 8.96. The fraction of sp³-hybridized carbons (Fsp3) is 0.700. The summed E-state index contributed by atoms with van der Waals surface area (Å²) in [7, 11) is 0. The Morgan fingerprint density at radius 3 is 2.14 bits per heavy atom. The summed E-state index contributed by atoms with van der Waals surface area (Å²) in [5, 5.41) is 0. The molecule has 1 nitrogen and oxygen atoms in total. The van der Waals surface area contributed by atoms with Crippen LogP contribution in [0, 0.1) is 11.3 Å². The zero-order valence-electron chi connectivity index (χ0n) is 13.8. The Morgan fingerprint density at radius 2 is 1.67 bits per heavy atom. The van der Waals surface area contributed by atoms with Crippen molar-refractivity contribution in [2.24, 2.45) is 17.1 Å². The Bertz CT molecular complexity index is 449. The van der Waals surface area contributed by atoms with Crippen LogP contribution in [-0.4, -0.2) is 0 Å². The summed E-state index contributed by atoms with van der Waals surface area (Å²) in [5.74, 6) is 1.56. The third-order valence-electron chi connectivity index (χ3n) is 5.95. The minimum absolute atomic E-state index is 0.220. The SMILES string of the molecule is CC(C)CC1(C(N)c2ccc(C3CCC3)cc2)CCCC1. The normalized spacial score (nSPS) is 23.2. The summed E-state index contributed by atoms with van der Waals surface area (Å²) in [6.07, 6.45) is 10.8. The molecule has 0 aromatic heterocycles. The average Bonchev–Trinajstić information content (AvgIpc) is 2.86. The van der Waals surface area contributed by atoms with E-state index in [1.165, 1.54) is 62.5 Å². The molecule has 2 saturated carbocycles. The maximum atomic E-state index is 6.76. The molecule has 3 rings (SSSR count). The van der Waals surface area contributed by atoms with Gasteiger partial charge in [-0.05, 0) is 60.5 Å². The van der Waals surface area contributed by atoms with Crippen molar-refractivity contribution in [3.05, 3.63) is 35.4 Å². The van der Waals surface area contributed by atoms with Crippen LogP contribution in [-0.2, 0) is 0 Å². The predicted molar refractivity (Wildman–Crippen MR) is 90.3 cm³/mol. The lowest BCUT2D eigenvalue weighted by molar-refractivity contribution is 0.183. The minimum Gasteiger partial charge on any atom is -0.323 e. The standard InChI is InChI=1S/C20H31N/c1-15(2)14-20(12-3-4-13-20)19(21)18-10-8-17(9-11-18)16-6-5-7-16/h8-11,15-16,19H,3-7,12-14,21H2,1-2H3. The first-order chi connectivity index (χ1) is 10.1. The maximum Gasteiger partial charge on any atom is 0.0352 e. The van der Waals surface area contributed by atoms with Gasteiger partial charge in [0.2, 0.25) is 0 Å². The van der Waals surface area contributed by atoms with E-state index in [1.54, 1.807) is 0 Å². The van der Waals surface area contributed by atoms with Crippen molar-refractivity contribution in [1.82, 2.24) is 0 Å². The molecule has 0 amide bonds. The molecule has 0 heterocycles. The van der Waals surface area contributed by atoms with E-state index in [9.17, 15) is 0 Å². The van der Waals surface area contributed by atoms with E-state index in [0.29, 0.717) is 5.41 Å². The van der Waals surface area contributed by atoms with Crippen molar-refractivity contribution < 1.29 is 0 Å². The van der Waals surface area contributed by atoms with Gasteiger partial charge in [-0.3, -0.25) is 0 Å². The highest BCUT2D eigenvalue weighted by atomic mass is 14.7. The Balaban J connectivity index is 1.77. The molecule has 1 atom stereocenters. The van der Waals surface area contributed by atoms with Gasteiger partial charge in [-0.1, -0.05) is 57.4 Å². The number of hydrogen-bond acceptors (Lipinski definition) is 1. The maximum absolute atomic E-state index is 6.76. The van der Waals surface area contributed by atoms with E-state index in [4.69, 9.17) is 5.73 Å². The second-order valence-electron chi connectivity index (χ2n) is 7.94. The van der Waals surface area contributed by atoms with Crippen LogP contribution < -0.4 is 5.73 Å². The van der Waals surface area contributed by atoms with Crippen LogP contribution in [0.2, 0.25) is 0 Å². The fourth-order valence-corrected chi connectivity index (χ4v) is 4.60. The van der Waals surface area contributed by atoms with Gasteiger partial charge in [-0.2, -0.15) is 0 Å². The minimum atomic E-state index is 0.220. The molecule has 1 aromatic carbocycles. The van der Waals surface area contributed by atoms with Crippen LogP contribution in [0.15, 0.2) is 24.3 Å². The molecule has 2 N–H and O–H groups in total. The monoisotopic (exact) mass is 285 g/mol. The molecule has 0 radical (unpaired) electrons. The van der Waals surface area contributed by atoms with Crippen molar-refractivity contribution in [3.8, 4) is 0 Å². The topological polar surface area (TPSA) is 26.0 Å². The summed E-state index contributed by atoms with van der Waals surface area (Å²) >= 11 is 0. The van der Waals surface area contributed by atoms with Gasteiger partial charge >= 0.3 is 0 Å².